The van der Waals surface area contributed by atoms with E-state index in [-0.39, 0.29) is 11.1 Å². The molecule has 2 saturated heterocycles. The van der Waals surface area contributed by atoms with Gasteiger partial charge >= 0.3 is 0 Å². The van der Waals surface area contributed by atoms with Gasteiger partial charge in [0.1, 0.15) is 11.5 Å². The fourth-order valence-electron chi connectivity index (χ4n) is 4.38. The first-order valence-corrected chi connectivity index (χ1v) is 13.4. The minimum Gasteiger partial charge on any atom is -0.460 e. The van der Waals surface area contributed by atoms with Crippen molar-refractivity contribution in [2.75, 3.05) is 26.2 Å². The SMILES string of the molecule is O=C1NC(=O)/C(=C/C2=NC(N3CCC(CNCc4ccc(-c5ccc(Cl)cc5Cl)o4)CC3)=NCC2)S1. The molecule has 3 aliphatic rings. The third kappa shape index (κ3) is 6.03. The average Bonchev–Trinajstić information content (AvgIpc) is 3.45. The highest BCUT2D eigenvalue weighted by molar-refractivity contribution is 8.18. The zero-order valence-corrected chi connectivity index (χ0v) is 21.8. The Hall–Kier alpha value is -2.59. The van der Waals surface area contributed by atoms with Gasteiger partial charge in [0.15, 0.2) is 0 Å². The van der Waals surface area contributed by atoms with Gasteiger partial charge in [-0.15, -0.1) is 0 Å². The molecule has 2 amide bonds. The summed E-state index contributed by atoms with van der Waals surface area (Å²) in [7, 11) is 0. The highest BCUT2D eigenvalue weighted by atomic mass is 35.5. The van der Waals surface area contributed by atoms with Gasteiger partial charge in [-0.25, -0.2) is 4.99 Å². The Labute approximate surface area is 223 Å². The molecule has 36 heavy (non-hydrogen) atoms. The molecule has 0 spiro atoms. The number of aliphatic imine (C=N–C) groups is 2. The summed E-state index contributed by atoms with van der Waals surface area (Å²) in [4.78, 5) is 35.0. The number of halogens is 2. The van der Waals surface area contributed by atoms with Crippen molar-refractivity contribution in [3.63, 3.8) is 0 Å². The normalized spacial score (nSPS) is 20.1. The van der Waals surface area contributed by atoms with Crippen LogP contribution in [0.25, 0.3) is 11.3 Å². The lowest BCUT2D eigenvalue weighted by atomic mass is 9.97. The number of imide groups is 1. The molecule has 5 rings (SSSR count). The second kappa shape index (κ2) is 11.2. The first kappa shape index (κ1) is 25.1. The number of thioether (sulfide) groups is 1. The van der Waals surface area contributed by atoms with Crippen LogP contribution in [0.15, 0.2) is 55.7 Å². The van der Waals surface area contributed by atoms with E-state index in [1.54, 1.807) is 18.2 Å². The highest BCUT2D eigenvalue weighted by Crippen LogP contribution is 2.31. The molecular weight excluding hydrogens is 521 g/mol. The lowest BCUT2D eigenvalue weighted by molar-refractivity contribution is -0.115. The number of hydrogen-bond donors (Lipinski definition) is 2. The number of benzene rings is 1. The zero-order valence-electron chi connectivity index (χ0n) is 19.4. The molecule has 1 aromatic carbocycles. The number of rotatable bonds is 6. The first-order valence-electron chi connectivity index (χ1n) is 11.8. The number of likely N-dealkylation sites (tertiary alicyclic amines) is 1. The van der Waals surface area contributed by atoms with E-state index in [2.05, 4.69) is 25.5 Å². The Morgan fingerprint density at radius 1 is 1.19 bits per heavy atom. The van der Waals surface area contributed by atoms with E-state index in [1.165, 1.54) is 0 Å². The van der Waals surface area contributed by atoms with Crippen molar-refractivity contribution < 1.29 is 14.0 Å². The van der Waals surface area contributed by atoms with Crippen LogP contribution in [0.3, 0.4) is 0 Å². The first-order chi connectivity index (χ1) is 17.4. The van der Waals surface area contributed by atoms with Crippen molar-refractivity contribution in [1.29, 1.82) is 0 Å². The molecule has 0 aliphatic carbocycles. The van der Waals surface area contributed by atoms with Crippen molar-refractivity contribution in [2.24, 2.45) is 15.9 Å². The maximum absolute atomic E-state index is 11.8. The Balaban J connectivity index is 1.09. The van der Waals surface area contributed by atoms with Crippen LogP contribution in [-0.4, -0.2) is 53.9 Å². The van der Waals surface area contributed by atoms with E-state index in [1.807, 2.05) is 18.2 Å². The van der Waals surface area contributed by atoms with Gasteiger partial charge < -0.3 is 14.6 Å². The molecule has 0 radical (unpaired) electrons. The summed E-state index contributed by atoms with van der Waals surface area (Å²) in [6.07, 6.45) is 4.44. The Morgan fingerprint density at radius 3 is 2.78 bits per heavy atom. The summed E-state index contributed by atoms with van der Waals surface area (Å²) in [5.41, 5.74) is 1.61. The van der Waals surface area contributed by atoms with Crippen molar-refractivity contribution >= 4 is 57.8 Å². The molecule has 0 atom stereocenters. The molecule has 11 heteroatoms. The number of amides is 2. The second-order valence-corrected chi connectivity index (χ2v) is 10.7. The quantitative estimate of drug-likeness (QED) is 0.488. The minimum atomic E-state index is -0.357. The van der Waals surface area contributed by atoms with Crippen LogP contribution in [0.4, 0.5) is 4.79 Å². The van der Waals surface area contributed by atoms with Crippen LogP contribution >= 0.6 is 35.0 Å². The van der Waals surface area contributed by atoms with E-state index >= 15 is 0 Å². The lowest BCUT2D eigenvalue weighted by Gasteiger charge is -2.33. The number of carbonyl (C=O) groups excluding carboxylic acids is 2. The Morgan fingerprint density at radius 2 is 2.03 bits per heavy atom. The number of hydrogen-bond acceptors (Lipinski definition) is 8. The summed E-state index contributed by atoms with van der Waals surface area (Å²) in [6, 6.07) is 9.26. The van der Waals surface area contributed by atoms with E-state index < -0.39 is 0 Å². The summed E-state index contributed by atoms with van der Waals surface area (Å²) in [5.74, 6) is 2.50. The molecule has 2 N–H and O–H groups in total. The third-order valence-corrected chi connectivity index (χ3v) is 7.65. The molecule has 188 valence electrons. The minimum absolute atomic E-state index is 0.342. The highest BCUT2D eigenvalue weighted by Gasteiger charge is 2.27. The molecule has 2 fully saturated rings. The van der Waals surface area contributed by atoms with Crippen LogP contribution < -0.4 is 10.6 Å². The molecule has 1 aromatic heterocycles. The van der Waals surface area contributed by atoms with Gasteiger partial charge in [-0.3, -0.25) is 19.9 Å². The summed E-state index contributed by atoms with van der Waals surface area (Å²) < 4.78 is 5.97. The number of guanidine groups is 1. The van der Waals surface area contributed by atoms with Crippen LogP contribution in [0, 0.1) is 5.92 Å². The maximum Gasteiger partial charge on any atom is 0.290 e. The van der Waals surface area contributed by atoms with Gasteiger partial charge in [0, 0.05) is 42.4 Å². The molecule has 0 saturated carbocycles. The van der Waals surface area contributed by atoms with Gasteiger partial charge in [0.25, 0.3) is 11.1 Å². The van der Waals surface area contributed by atoms with Crippen molar-refractivity contribution in [3.05, 3.63) is 57.1 Å². The topological polar surface area (TPSA) is 99.3 Å². The maximum atomic E-state index is 11.8. The van der Waals surface area contributed by atoms with E-state index in [0.29, 0.717) is 40.4 Å². The van der Waals surface area contributed by atoms with Gasteiger partial charge in [0.05, 0.1) is 16.5 Å². The van der Waals surface area contributed by atoms with Gasteiger partial charge in [-0.2, -0.15) is 0 Å². The largest absolute Gasteiger partial charge is 0.460 e. The van der Waals surface area contributed by atoms with Crippen LogP contribution in [0.2, 0.25) is 10.0 Å². The van der Waals surface area contributed by atoms with Gasteiger partial charge in [-0.05, 0) is 73.5 Å². The molecule has 2 aromatic rings. The van der Waals surface area contributed by atoms with Crippen molar-refractivity contribution in [3.8, 4) is 11.3 Å². The molecule has 3 aliphatic heterocycles. The number of furan rings is 1. The van der Waals surface area contributed by atoms with Crippen LogP contribution in [0.5, 0.6) is 0 Å². The monoisotopic (exact) mass is 545 g/mol. The fourth-order valence-corrected chi connectivity index (χ4v) is 5.57. The smallest absolute Gasteiger partial charge is 0.290 e. The van der Waals surface area contributed by atoms with E-state index in [4.69, 9.17) is 27.6 Å². The Bertz CT molecular complexity index is 1260. The molecule has 4 heterocycles. The lowest BCUT2D eigenvalue weighted by Crippen LogP contribution is -2.41. The third-order valence-electron chi connectivity index (χ3n) is 6.29. The average molecular weight is 546 g/mol. The summed E-state index contributed by atoms with van der Waals surface area (Å²) >= 11 is 13.2. The fraction of sp³-hybridized carbons (Fsp3) is 0.360. The zero-order chi connectivity index (χ0) is 25.1. The molecular formula is C25H25Cl2N5O3S. The van der Waals surface area contributed by atoms with Crippen molar-refractivity contribution in [1.82, 2.24) is 15.5 Å². The van der Waals surface area contributed by atoms with Crippen LogP contribution in [-0.2, 0) is 11.3 Å². The Kier molecular flexibility index (Phi) is 7.81. The second-order valence-electron chi connectivity index (χ2n) is 8.84. The van der Waals surface area contributed by atoms with Gasteiger partial charge in [0.2, 0.25) is 5.96 Å². The molecule has 8 nitrogen and oxygen atoms in total. The van der Waals surface area contributed by atoms with E-state index in [0.717, 1.165) is 73.0 Å². The van der Waals surface area contributed by atoms with Gasteiger partial charge in [-0.1, -0.05) is 23.2 Å². The van der Waals surface area contributed by atoms with E-state index in [9.17, 15) is 9.59 Å². The molecule has 0 bridgehead atoms. The number of piperidine rings is 1. The summed E-state index contributed by atoms with van der Waals surface area (Å²) in [6.45, 7) is 3.94. The number of nitrogens with one attached hydrogen (secondary N) is 2. The number of carbonyl (C=O) groups is 2. The number of allylic oxidation sites excluding steroid dienone is 1. The van der Waals surface area contributed by atoms with Crippen LogP contribution in [0.1, 0.15) is 25.0 Å². The predicted octanol–water partition coefficient (Wildman–Crippen LogP) is 5.12. The molecule has 0 unspecified atom stereocenters. The van der Waals surface area contributed by atoms with Crippen molar-refractivity contribution in [2.45, 2.75) is 25.8 Å². The standard InChI is InChI=1S/C25H25Cl2N5O3S/c26-16-1-3-19(20(27)11-16)21-4-2-18(35-21)14-28-13-15-6-9-32(10-7-15)24-29-8-5-17(30-24)12-22-23(33)31-25(34)36-22/h1-4,11-12,15,28H,5-10,13-14H2,(H,31,33,34)/b22-12-. The number of nitrogens with zero attached hydrogens (tertiary/aromatic N) is 3. The predicted molar refractivity (Wildman–Crippen MR) is 144 cm³/mol. The summed E-state index contributed by atoms with van der Waals surface area (Å²) in [5, 5.41) is 6.61.